The molecule has 2 rings (SSSR count). The molecule has 90 valence electrons. The van der Waals surface area contributed by atoms with Crippen molar-refractivity contribution in [1.29, 1.82) is 0 Å². The van der Waals surface area contributed by atoms with Gasteiger partial charge in [0.15, 0.2) is 0 Å². The second-order valence-electron chi connectivity index (χ2n) is 4.00. The molecule has 3 N–H and O–H groups in total. The number of hydrogen-bond donors (Lipinski definition) is 2. The standard InChI is InChI=1S/C13H17N3S/c1-3-10-4-5-11(17-10)7-15-13-6-9(2)12(14)8-16-13/h4-6,8H,3,7,14H2,1-2H3,(H,15,16). The summed E-state index contributed by atoms with van der Waals surface area (Å²) in [5, 5.41) is 3.31. The van der Waals surface area contributed by atoms with Gasteiger partial charge >= 0.3 is 0 Å². The molecule has 0 bridgehead atoms. The van der Waals surface area contributed by atoms with Crippen LogP contribution < -0.4 is 11.1 Å². The van der Waals surface area contributed by atoms with E-state index in [1.807, 2.05) is 24.3 Å². The van der Waals surface area contributed by atoms with Crippen LogP contribution in [0.5, 0.6) is 0 Å². The SMILES string of the molecule is CCc1ccc(CNc2cc(C)c(N)cn2)s1. The predicted molar refractivity (Wildman–Crippen MR) is 74.4 cm³/mol. The number of thiophene rings is 1. The summed E-state index contributed by atoms with van der Waals surface area (Å²) in [7, 11) is 0. The maximum atomic E-state index is 5.73. The Labute approximate surface area is 106 Å². The Kier molecular flexibility index (Phi) is 3.64. The van der Waals surface area contributed by atoms with Gasteiger partial charge in [-0.3, -0.25) is 0 Å². The van der Waals surface area contributed by atoms with E-state index in [2.05, 4.69) is 29.4 Å². The quantitative estimate of drug-likeness (QED) is 0.872. The third kappa shape index (κ3) is 2.97. The molecule has 4 heteroatoms. The summed E-state index contributed by atoms with van der Waals surface area (Å²) in [5.41, 5.74) is 7.52. The monoisotopic (exact) mass is 247 g/mol. The van der Waals surface area contributed by atoms with Crippen molar-refractivity contribution in [2.24, 2.45) is 0 Å². The minimum absolute atomic E-state index is 0.736. The van der Waals surface area contributed by atoms with E-state index in [0.717, 1.165) is 30.0 Å². The molecule has 0 spiro atoms. The van der Waals surface area contributed by atoms with E-state index in [1.165, 1.54) is 9.75 Å². The van der Waals surface area contributed by atoms with E-state index in [4.69, 9.17) is 5.73 Å². The molecule has 3 nitrogen and oxygen atoms in total. The van der Waals surface area contributed by atoms with Gasteiger partial charge in [0, 0.05) is 9.75 Å². The van der Waals surface area contributed by atoms with Crippen molar-refractivity contribution in [2.45, 2.75) is 26.8 Å². The van der Waals surface area contributed by atoms with Crippen LogP contribution in [0.1, 0.15) is 22.2 Å². The fraction of sp³-hybridized carbons (Fsp3) is 0.308. The van der Waals surface area contributed by atoms with Crippen LogP contribution in [0.4, 0.5) is 11.5 Å². The van der Waals surface area contributed by atoms with Crippen molar-refractivity contribution in [3.8, 4) is 0 Å². The molecule has 0 unspecified atom stereocenters. The highest BCUT2D eigenvalue weighted by molar-refractivity contribution is 7.12. The molecule has 0 aliphatic heterocycles. The summed E-state index contributed by atoms with van der Waals surface area (Å²) in [6.45, 7) is 4.98. The smallest absolute Gasteiger partial charge is 0.126 e. The van der Waals surface area contributed by atoms with Crippen molar-refractivity contribution in [2.75, 3.05) is 11.1 Å². The Bertz CT molecular complexity index is 505. The lowest BCUT2D eigenvalue weighted by molar-refractivity contribution is 1.13. The molecule has 0 aliphatic rings. The van der Waals surface area contributed by atoms with E-state index in [-0.39, 0.29) is 0 Å². The summed E-state index contributed by atoms with van der Waals surface area (Å²) in [6.07, 6.45) is 2.80. The number of nitrogens with one attached hydrogen (secondary N) is 1. The molecule has 0 saturated heterocycles. The molecule has 0 amide bonds. The van der Waals surface area contributed by atoms with Gasteiger partial charge < -0.3 is 11.1 Å². The Morgan fingerprint density at radius 1 is 1.35 bits per heavy atom. The number of aromatic nitrogens is 1. The third-order valence-electron chi connectivity index (χ3n) is 2.66. The van der Waals surface area contributed by atoms with Gasteiger partial charge in [-0.15, -0.1) is 11.3 Å². The largest absolute Gasteiger partial charge is 0.397 e. The lowest BCUT2D eigenvalue weighted by Crippen LogP contribution is -2.01. The number of nitrogen functional groups attached to an aromatic ring is 1. The maximum absolute atomic E-state index is 5.73. The van der Waals surface area contributed by atoms with Crippen LogP contribution in [0.3, 0.4) is 0 Å². The molecule has 0 radical (unpaired) electrons. The Balaban J connectivity index is 1.99. The number of nitrogens with two attached hydrogens (primary N) is 1. The fourth-order valence-electron chi connectivity index (χ4n) is 1.55. The Morgan fingerprint density at radius 3 is 2.76 bits per heavy atom. The normalized spacial score (nSPS) is 10.5. The van der Waals surface area contributed by atoms with Gasteiger partial charge in [-0.05, 0) is 37.1 Å². The molecule has 0 fully saturated rings. The van der Waals surface area contributed by atoms with Gasteiger partial charge in [0.2, 0.25) is 0 Å². The number of nitrogens with zero attached hydrogens (tertiary/aromatic N) is 1. The van der Waals surface area contributed by atoms with Crippen LogP contribution in [0, 0.1) is 6.92 Å². The summed E-state index contributed by atoms with van der Waals surface area (Å²) >= 11 is 1.84. The van der Waals surface area contributed by atoms with E-state index < -0.39 is 0 Å². The topological polar surface area (TPSA) is 50.9 Å². The highest BCUT2D eigenvalue weighted by Gasteiger charge is 2.01. The zero-order valence-corrected chi connectivity index (χ0v) is 11.0. The first-order valence-electron chi connectivity index (χ1n) is 5.72. The number of anilines is 2. The van der Waals surface area contributed by atoms with E-state index in [1.54, 1.807) is 6.20 Å². The van der Waals surface area contributed by atoms with Crippen LogP contribution in [-0.2, 0) is 13.0 Å². The summed E-state index contributed by atoms with van der Waals surface area (Å²) < 4.78 is 0. The lowest BCUT2D eigenvalue weighted by Gasteiger charge is -2.06. The molecule has 0 saturated carbocycles. The van der Waals surface area contributed by atoms with E-state index in [0.29, 0.717) is 0 Å². The second kappa shape index (κ2) is 5.19. The molecule has 0 aromatic carbocycles. The molecular formula is C13H17N3S. The molecule has 2 aromatic rings. The Hall–Kier alpha value is -1.55. The number of rotatable bonds is 4. The molecule has 0 atom stereocenters. The van der Waals surface area contributed by atoms with Crippen molar-refractivity contribution >= 4 is 22.8 Å². The average molecular weight is 247 g/mol. The molecule has 17 heavy (non-hydrogen) atoms. The van der Waals surface area contributed by atoms with Gasteiger partial charge in [-0.1, -0.05) is 6.92 Å². The molecule has 2 aromatic heterocycles. The number of aryl methyl sites for hydroxylation is 2. The van der Waals surface area contributed by atoms with Gasteiger partial charge in [0.05, 0.1) is 18.4 Å². The zero-order valence-electron chi connectivity index (χ0n) is 10.2. The van der Waals surface area contributed by atoms with Crippen LogP contribution in [-0.4, -0.2) is 4.98 Å². The fourth-order valence-corrected chi connectivity index (χ4v) is 2.45. The average Bonchev–Trinajstić information content (AvgIpc) is 2.79. The zero-order chi connectivity index (χ0) is 12.3. The van der Waals surface area contributed by atoms with Crippen molar-refractivity contribution in [3.63, 3.8) is 0 Å². The van der Waals surface area contributed by atoms with Crippen molar-refractivity contribution in [3.05, 3.63) is 39.7 Å². The van der Waals surface area contributed by atoms with Crippen LogP contribution in [0.2, 0.25) is 0 Å². The highest BCUT2D eigenvalue weighted by atomic mass is 32.1. The van der Waals surface area contributed by atoms with E-state index in [9.17, 15) is 0 Å². The van der Waals surface area contributed by atoms with Gasteiger partial charge in [0.25, 0.3) is 0 Å². The molecule has 0 aliphatic carbocycles. The minimum atomic E-state index is 0.736. The first-order chi connectivity index (χ1) is 8.19. The summed E-state index contributed by atoms with van der Waals surface area (Å²) in [5.74, 6) is 0.878. The van der Waals surface area contributed by atoms with Crippen molar-refractivity contribution < 1.29 is 0 Å². The lowest BCUT2D eigenvalue weighted by atomic mass is 10.2. The molecule has 2 heterocycles. The summed E-state index contributed by atoms with van der Waals surface area (Å²) in [6, 6.07) is 6.33. The number of pyridine rings is 1. The van der Waals surface area contributed by atoms with Crippen LogP contribution >= 0.6 is 11.3 Å². The minimum Gasteiger partial charge on any atom is -0.397 e. The van der Waals surface area contributed by atoms with Crippen LogP contribution in [0.25, 0.3) is 0 Å². The Morgan fingerprint density at radius 2 is 2.12 bits per heavy atom. The summed E-state index contributed by atoms with van der Waals surface area (Å²) in [4.78, 5) is 7.00. The first kappa shape index (κ1) is 11.9. The van der Waals surface area contributed by atoms with Gasteiger partial charge in [0.1, 0.15) is 5.82 Å². The van der Waals surface area contributed by atoms with Gasteiger partial charge in [-0.25, -0.2) is 4.98 Å². The second-order valence-corrected chi connectivity index (χ2v) is 5.25. The first-order valence-corrected chi connectivity index (χ1v) is 6.54. The van der Waals surface area contributed by atoms with E-state index >= 15 is 0 Å². The maximum Gasteiger partial charge on any atom is 0.126 e. The highest BCUT2D eigenvalue weighted by Crippen LogP contribution is 2.19. The van der Waals surface area contributed by atoms with Gasteiger partial charge in [-0.2, -0.15) is 0 Å². The molecular weight excluding hydrogens is 230 g/mol. The number of hydrogen-bond acceptors (Lipinski definition) is 4. The predicted octanol–water partition coefficient (Wildman–Crippen LogP) is 3.21. The van der Waals surface area contributed by atoms with Crippen molar-refractivity contribution in [1.82, 2.24) is 4.98 Å². The van der Waals surface area contributed by atoms with Crippen LogP contribution in [0.15, 0.2) is 24.4 Å². The third-order valence-corrected chi connectivity index (χ3v) is 3.89.